The molecule has 1 saturated heterocycles. The molecule has 0 radical (unpaired) electrons. The summed E-state index contributed by atoms with van der Waals surface area (Å²) < 4.78 is 38.7. The number of fused-ring (bicyclic) bond motifs is 1. The molecule has 2 aromatic carbocycles. The average molecular weight is 507 g/mol. The van der Waals surface area contributed by atoms with Crippen LogP contribution in [-0.4, -0.2) is 83.1 Å². The van der Waals surface area contributed by atoms with E-state index >= 15 is 0 Å². The molecule has 1 aliphatic heterocycles. The van der Waals surface area contributed by atoms with Gasteiger partial charge in [0.15, 0.2) is 0 Å². The van der Waals surface area contributed by atoms with Crippen LogP contribution >= 0.6 is 0 Å². The molecule has 13 heteroatoms. The van der Waals surface area contributed by atoms with Gasteiger partial charge in [-0.15, -0.1) is 0 Å². The van der Waals surface area contributed by atoms with E-state index in [0.29, 0.717) is 23.2 Å². The Morgan fingerprint density at radius 2 is 1.72 bits per heavy atom. The summed E-state index contributed by atoms with van der Waals surface area (Å²) in [5, 5.41) is 15.4. The van der Waals surface area contributed by atoms with Crippen molar-refractivity contribution in [3.05, 3.63) is 59.8 Å². The predicted molar refractivity (Wildman–Crippen MR) is 123 cm³/mol. The Hall–Kier alpha value is -3.97. The van der Waals surface area contributed by atoms with Gasteiger partial charge in [0, 0.05) is 43.3 Å². The van der Waals surface area contributed by atoms with Crippen LogP contribution in [0.1, 0.15) is 20.7 Å². The number of carbonyl (C=O) groups is 3. The molecule has 1 aromatic heterocycles. The summed E-state index contributed by atoms with van der Waals surface area (Å²) in [5.74, 6) is -3.37. The van der Waals surface area contributed by atoms with Gasteiger partial charge in [0.1, 0.15) is 5.52 Å². The van der Waals surface area contributed by atoms with Crippen LogP contribution < -0.4 is 11.1 Å². The molecule has 1 fully saturated rings. The van der Waals surface area contributed by atoms with Gasteiger partial charge in [0.05, 0.1) is 24.5 Å². The second kappa shape index (κ2) is 11.6. The monoisotopic (exact) mass is 507 g/mol. The third kappa shape index (κ3) is 7.02. The molecular weight excluding hydrogens is 483 g/mol. The van der Waals surface area contributed by atoms with Crippen molar-refractivity contribution < 1.29 is 37.4 Å². The maximum Gasteiger partial charge on any atom is 0.490 e. The zero-order valence-electron chi connectivity index (χ0n) is 19.0. The lowest BCUT2D eigenvalue weighted by Gasteiger charge is -2.26. The highest BCUT2D eigenvalue weighted by Gasteiger charge is 2.38. The number of hydrogen-bond acceptors (Lipinski definition) is 6. The highest BCUT2D eigenvalue weighted by atomic mass is 19.4. The molecule has 10 nitrogen and oxygen atoms in total. The third-order valence-electron chi connectivity index (χ3n) is 5.26. The molecule has 0 unspecified atom stereocenters. The van der Waals surface area contributed by atoms with E-state index in [-0.39, 0.29) is 5.91 Å². The van der Waals surface area contributed by atoms with Crippen molar-refractivity contribution in [2.45, 2.75) is 6.18 Å². The Labute approximate surface area is 203 Å². The number of nitrogens with one attached hydrogen (secondary N) is 1. The Kier molecular flexibility index (Phi) is 8.61. The van der Waals surface area contributed by atoms with Crippen LogP contribution in [0.3, 0.4) is 0 Å². The molecule has 36 heavy (non-hydrogen) atoms. The number of morpholine rings is 1. The molecule has 2 amide bonds. The molecular formula is C23H24F3N5O5. The van der Waals surface area contributed by atoms with Gasteiger partial charge in [-0.1, -0.05) is 12.1 Å². The largest absolute Gasteiger partial charge is 0.490 e. The number of benzene rings is 2. The lowest BCUT2D eigenvalue weighted by molar-refractivity contribution is -0.192. The van der Waals surface area contributed by atoms with Gasteiger partial charge >= 0.3 is 12.1 Å². The molecule has 0 aliphatic carbocycles. The number of rotatable bonds is 6. The number of carboxylic acids is 1. The fourth-order valence-electron chi connectivity index (χ4n) is 3.40. The highest BCUT2D eigenvalue weighted by Crippen LogP contribution is 2.19. The molecule has 4 rings (SSSR count). The maximum atomic E-state index is 12.4. The first-order valence-electron chi connectivity index (χ1n) is 10.8. The second-order valence-electron chi connectivity index (χ2n) is 7.74. The van der Waals surface area contributed by atoms with Crippen molar-refractivity contribution in [2.24, 2.45) is 5.73 Å². The van der Waals surface area contributed by atoms with Gasteiger partial charge < -0.3 is 20.9 Å². The SMILES string of the molecule is NC(=O)c1cccc2cn(-c3ccc(C(=O)NCCN4CCOCC4)cc3)nc12.O=C(O)C(F)(F)F. The Morgan fingerprint density at radius 1 is 1.08 bits per heavy atom. The summed E-state index contributed by atoms with van der Waals surface area (Å²) in [6, 6.07) is 12.5. The average Bonchev–Trinajstić information content (AvgIpc) is 3.29. The van der Waals surface area contributed by atoms with Crippen LogP contribution in [0.5, 0.6) is 0 Å². The number of ether oxygens (including phenoxy) is 1. The topological polar surface area (TPSA) is 140 Å². The zero-order valence-corrected chi connectivity index (χ0v) is 19.0. The molecule has 3 aromatic rings. The smallest absolute Gasteiger partial charge is 0.475 e. The number of hydrogen-bond donors (Lipinski definition) is 3. The minimum absolute atomic E-state index is 0.105. The number of carbonyl (C=O) groups excluding carboxylic acids is 2. The second-order valence-corrected chi connectivity index (χ2v) is 7.74. The van der Waals surface area contributed by atoms with Gasteiger partial charge in [-0.25, -0.2) is 9.48 Å². The molecule has 0 atom stereocenters. The summed E-state index contributed by atoms with van der Waals surface area (Å²) in [5.41, 5.74) is 7.75. The summed E-state index contributed by atoms with van der Waals surface area (Å²) in [6.45, 7) is 4.72. The number of aromatic nitrogens is 2. The van der Waals surface area contributed by atoms with Crippen LogP contribution in [0.2, 0.25) is 0 Å². The highest BCUT2D eigenvalue weighted by molar-refractivity contribution is 6.04. The number of aliphatic carboxylic acids is 1. The van der Waals surface area contributed by atoms with E-state index in [1.807, 2.05) is 24.4 Å². The molecule has 192 valence electrons. The molecule has 1 aliphatic rings. The summed E-state index contributed by atoms with van der Waals surface area (Å²) >= 11 is 0. The number of nitrogens with zero attached hydrogens (tertiary/aromatic N) is 3. The first-order chi connectivity index (χ1) is 17.1. The predicted octanol–water partition coefficient (Wildman–Crippen LogP) is 1.82. The van der Waals surface area contributed by atoms with Crippen LogP contribution in [0.4, 0.5) is 13.2 Å². The first kappa shape index (κ1) is 26.6. The molecule has 0 bridgehead atoms. The van der Waals surface area contributed by atoms with Crippen molar-refractivity contribution in [1.29, 1.82) is 0 Å². The molecule has 0 saturated carbocycles. The van der Waals surface area contributed by atoms with Gasteiger partial charge in [-0.2, -0.15) is 18.3 Å². The Balaban J connectivity index is 0.000000454. The maximum absolute atomic E-state index is 12.4. The van der Waals surface area contributed by atoms with Gasteiger partial charge in [-0.05, 0) is 30.3 Å². The van der Waals surface area contributed by atoms with Crippen molar-refractivity contribution in [2.75, 3.05) is 39.4 Å². The number of nitrogens with two attached hydrogens (primary N) is 1. The number of alkyl halides is 3. The summed E-state index contributed by atoms with van der Waals surface area (Å²) in [6.07, 6.45) is -3.25. The summed E-state index contributed by atoms with van der Waals surface area (Å²) in [4.78, 5) is 35.1. The standard InChI is InChI=1S/C21H23N5O3.C2HF3O2/c22-20(27)18-3-1-2-16-14-26(24-19(16)18)17-6-4-15(5-7-17)21(28)23-8-9-25-10-12-29-13-11-25;3-2(4,5)1(6)7/h1-7,14H,8-13H2,(H2,22,27)(H,23,28);(H,6,7). The van der Waals surface area contributed by atoms with Gasteiger partial charge in [0.2, 0.25) is 0 Å². The van der Waals surface area contributed by atoms with E-state index in [1.165, 1.54) is 0 Å². The van der Waals surface area contributed by atoms with Crippen LogP contribution in [0.25, 0.3) is 16.6 Å². The van der Waals surface area contributed by atoms with Crippen LogP contribution in [-0.2, 0) is 9.53 Å². The van der Waals surface area contributed by atoms with E-state index in [9.17, 15) is 22.8 Å². The van der Waals surface area contributed by atoms with Gasteiger partial charge in [0.25, 0.3) is 11.8 Å². The number of carboxylic acid groups (broad SMARTS) is 1. The van der Waals surface area contributed by atoms with Crippen molar-refractivity contribution in [3.63, 3.8) is 0 Å². The van der Waals surface area contributed by atoms with E-state index < -0.39 is 18.1 Å². The van der Waals surface area contributed by atoms with Crippen LogP contribution in [0.15, 0.2) is 48.7 Å². The Bertz CT molecular complexity index is 1220. The zero-order chi connectivity index (χ0) is 26.3. The number of halogens is 3. The summed E-state index contributed by atoms with van der Waals surface area (Å²) in [7, 11) is 0. The van der Waals surface area contributed by atoms with Crippen molar-refractivity contribution >= 4 is 28.7 Å². The molecule has 4 N–H and O–H groups in total. The quantitative estimate of drug-likeness (QED) is 0.462. The van der Waals surface area contributed by atoms with Crippen LogP contribution in [0, 0.1) is 0 Å². The fourth-order valence-corrected chi connectivity index (χ4v) is 3.40. The third-order valence-corrected chi connectivity index (χ3v) is 5.26. The first-order valence-corrected chi connectivity index (χ1v) is 10.8. The Morgan fingerprint density at radius 3 is 2.31 bits per heavy atom. The van der Waals surface area contributed by atoms with E-state index in [4.69, 9.17) is 20.4 Å². The number of primary amides is 1. The van der Waals surface area contributed by atoms with E-state index in [0.717, 1.165) is 43.9 Å². The van der Waals surface area contributed by atoms with E-state index in [1.54, 1.807) is 28.9 Å². The van der Waals surface area contributed by atoms with Gasteiger partial charge in [-0.3, -0.25) is 14.5 Å². The normalized spacial score (nSPS) is 14.1. The fraction of sp³-hybridized carbons (Fsp3) is 0.304. The number of amides is 2. The minimum Gasteiger partial charge on any atom is -0.475 e. The lowest BCUT2D eigenvalue weighted by Crippen LogP contribution is -2.41. The van der Waals surface area contributed by atoms with Crippen molar-refractivity contribution in [3.8, 4) is 5.69 Å². The lowest BCUT2D eigenvalue weighted by atomic mass is 10.1. The molecule has 0 spiro atoms. The van der Waals surface area contributed by atoms with Crippen molar-refractivity contribution in [1.82, 2.24) is 20.0 Å². The molecule has 2 heterocycles. The van der Waals surface area contributed by atoms with E-state index in [2.05, 4.69) is 15.3 Å². The minimum atomic E-state index is -5.08.